The SMILES string of the molecule is Cc1cccc(Nc2ncc(C(F)(F)F)c(N(C)c3ccc(C#N)cc3)n2)c1. The monoisotopic (exact) mass is 383 g/mol. The van der Waals surface area contributed by atoms with Crippen LogP contribution < -0.4 is 10.2 Å². The van der Waals surface area contributed by atoms with Crippen molar-refractivity contribution in [3.63, 3.8) is 0 Å². The van der Waals surface area contributed by atoms with Gasteiger partial charge in [-0.1, -0.05) is 12.1 Å². The van der Waals surface area contributed by atoms with E-state index in [0.29, 0.717) is 16.9 Å². The first-order valence-corrected chi connectivity index (χ1v) is 8.30. The highest BCUT2D eigenvalue weighted by atomic mass is 19.4. The van der Waals surface area contributed by atoms with E-state index in [1.165, 1.54) is 24.1 Å². The summed E-state index contributed by atoms with van der Waals surface area (Å²) in [4.78, 5) is 9.24. The number of rotatable bonds is 4. The maximum absolute atomic E-state index is 13.5. The molecule has 0 aliphatic carbocycles. The van der Waals surface area contributed by atoms with Crippen LogP contribution in [0.5, 0.6) is 0 Å². The number of hydrogen-bond donors (Lipinski definition) is 1. The van der Waals surface area contributed by atoms with Crippen molar-refractivity contribution in [2.75, 3.05) is 17.3 Å². The third-order valence-corrected chi connectivity index (χ3v) is 4.05. The number of aromatic nitrogens is 2. The summed E-state index contributed by atoms with van der Waals surface area (Å²) in [6.07, 6.45) is -3.85. The number of nitriles is 1. The van der Waals surface area contributed by atoms with Crippen LogP contribution >= 0.6 is 0 Å². The standard InChI is InChI=1S/C20H16F3N5/c1-13-4-3-5-15(10-13)26-19-25-12-17(20(21,22)23)18(27-19)28(2)16-8-6-14(11-24)7-9-16/h3-10,12H,1-2H3,(H,25,26,27). The molecule has 0 bridgehead atoms. The molecular formula is C20H16F3N5. The zero-order chi connectivity index (χ0) is 20.3. The van der Waals surface area contributed by atoms with E-state index in [4.69, 9.17) is 5.26 Å². The van der Waals surface area contributed by atoms with E-state index in [1.54, 1.807) is 18.2 Å². The van der Waals surface area contributed by atoms with Gasteiger partial charge in [0.15, 0.2) is 5.82 Å². The van der Waals surface area contributed by atoms with Crippen LogP contribution in [0.1, 0.15) is 16.7 Å². The number of nitrogens with zero attached hydrogens (tertiary/aromatic N) is 4. The molecule has 3 rings (SSSR count). The maximum Gasteiger partial charge on any atom is 0.421 e. The summed E-state index contributed by atoms with van der Waals surface area (Å²) in [7, 11) is 1.48. The molecular weight excluding hydrogens is 367 g/mol. The molecule has 0 unspecified atom stereocenters. The number of anilines is 4. The quantitative estimate of drug-likeness (QED) is 0.672. The highest BCUT2D eigenvalue weighted by molar-refractivity contribution is 5.65. The van der Waals surface area contributed by atoms with E-state index >= 15 is 0 Å². The maximum atomic E-state index is 13.5. The lowest BCUT2D eigenvalue weighted by molar-refractivity contribution is -0.137. The molecule has 0 saturated carbocycles. The molecule has 8 heteroatoms. The van der Waals surface area contributed by atoms with E-state index < -0.39 is 11.7 Å². The predicted molar refractivity (Wildman–Crippen MR) is 101 cm³/mol. The first kappa shape index (κ1) is 19.2. The van der Waals surface area contributed by atoms with Crippen molar-refractivity contribution in [1.29, 1.82) is 5.26 Å². The molecule has 28 heavy (non-hydrogen) atoms. The summed E-state index contributed by atoms with van der Waals surface area (Å²) in [6.45, 7) is 1.91. The number of aryl methyl sites for hydroxylation is 1. The van der Waals surface area contributed by atoms with Gasteiger partial charge in [0.2, 0.25) is 5.95 Å². The number of nitrogens with one attached hydrogen (secondary N) is 1. The van der Waals surface area contributed by atoms with Gasteiger partial charge in [-0.15, -0.1) is 0 Å². The molecule has 142 valence electrons. The van der Waals surface area contributed by atoms with Crippen molar-refractivity contribution in [2.45, 2.75) is 13.1 Å². The first-order valence-electron chi connectivity index (χ1n) is 8.30. The summed E-state index contributed by atoms with van der Waals surface area (Å²) in [5.41, 5.74) is 1.59. The Labute approximate surface area is 160 Å². The van der Waals surface area contributed by atoms with Crippen LogP contribution in [0.15, 0.2) is 54.7 Å². The molecule has 0 atom stereocenters. The van der Waals surface area contributed by atoms with Crippen molar-refractivity contribution in [3.8, 4) is 6.07 Å². The first-order chi connectivity index (χ1) is 13.3. The summed E-state index contributed by atoms with van der Waals surface area (Å²) < 4.78 is 40.5. The molecule has 1 aromatic heterocycles. The minimum atomic E-state index is -4.61. The van der Waals surface area contributed by atoms with Crippen LogP contribution in [0.3, 0.4) is 0 Å². The van der Waals surface area contributed by atoms with E-state index in [0.717, 1.165) is 11.8 Å². The summed E-state index contributed by atoms with van der Waals surface area (Å²) in [6, 6.07) is 15.5. The van der Waals surface area contributed by atoms with Gasteiger partial charge in [-0.3, -0.25) is 0 Å². The third-order valence-electron chi connectivity index (χ3n) is 4.05. The number of benzene rings is 2. The smallest absolute Gasteiger partial charge is 0.329 e. The zero-order valence-corrected chi connectivity index (χ0v) is 15.1. The average Bonchev–Trinajstić information content (AvgIpc) is 2.66. The number of hydrogen-bond acceptors (Lipinski definition) is 5. The molecule has 1 heterocycles. The lowest BCUT2D eigenvalue weighted by Gasteiger charge is -2.23. The third kappa shape index (κ3) is 4.20. The Morgan fingerprint density at radius 1 is 1.11 bits per heavy atom. The second-order valence-electron chi connectivity index (χ2n) is 6.14. The molecule has 5 nitrogen and oxygen atoms in total. The molecule has 2 aromatic carbocycles. The molecule has 0 aliphatic heterocycles. The predicted octanol–water partition coefficient (Wildman–Crippen LogP) is 5.19. The summed E-state index contributed by atoms with van der Waals surface area (Å²) in [5.74, 6) is -0.239. The van der Waals surface area contributed by atoms with Crippen LogP contribution in [-0.4, -0.2) is 17.0 Å². The van der Waals surface area contributed by atoms with Crippen LogP contribution in [0, 0.1) is 18.3 Å². The average molecular weight is 383 g/mol. The minimum absolute atomic E-state index is 0.0501. The fourth-order valence-corrected chi connectivity index (χ4v) is 2.62. The van der Waals surface area contributed by atoms with Gasteiger partial charge in [-0.05, 0) is 48.9 Å². The van der Waals surface area contributed by atoms with Crippen LogP contribution in [0.2, 0.25) is 0 Å². The van der Waals surface area contributed by atoms with Gasteiger partial charge < -0.3 is 10.2 Å². The number of alkyl halides is 3. The Balaban J connectivity index is 2.01. The topological polar surface area (TPSA) is 64.8 Å². The molecule has 0 aliphatic rings. The Hall–Kier alpha value is -3.60. The van der Waals surface area contributed by atoms with E-state index in [-0.39, 0.29) is 11.8 Å². The molecule has 0 saturated heterocycles. The molecule has 3 aromatic rings. The van der Waals surface area contributed by atoms with Crippen LogP contribution in [0.4, 0.5) is 36.3 Å². The Morgan fingerprint density at radius 3 is 2.43 bits per heavy atom. The largest absolute Gasteiger partial charge is 0.421 e. The van der Waals surface area contributed by atoms with Crippen molar-refractivity contribution >= 4 is 23.1 Å². The van der Waals surface area contributed by atoms with Gasteiger partial charge in [-0.2, -0.15) is 23.4 Å². The fraction of sp³-hybridized carbons (Fsp3) is 0.150. The van der Waals surface area contributed by atoms with Crippen molar-refractivity contribution in [2.24, 2.45) is 0 Å². The molecule has 0 spiro atoms. The van der Waals surface area contributed by atoms with E-state index in [2.05, 4.69) is 15.3 Å². The van der Waals surface area contributed by atoms with Gasteiger partial charge in [0.25, 0.3) is 0 Å². The second kappa shape index (κ2) is 7.56. The van der Waals surface area contributed by atoms with Gasteiger partial charge in [0, 0.05) is 24.6 Å². The van der Waals surface area contributed by atoms with Crippen LogP contribution in [-0.2, 0) is 6.18 Å². The van der Waals surface area contributed by atoms with Gasteiger partial charge in [0.1, 0.15) is 5.56 Å². The van der Waals surface area contributed by atoms with Crippen molar-refractivity contribution in [3.05, 3.63) is 71.4 Å². The second-order valence-corrected chi connectivity index (χ2v) is 6.14. The Kier molecular flexibility index (Phi) is 5.18. The molecule has 0 radical (unpaired) electrons. The molecule has 0 amide bonds. The minimum Gasteiger partial charge on any atom is -0.329 e. The highest BCUT2D eigenvalue weighted by Gasteiger charge is 2.36. The molecule has 1 N–H and O–H groups in total. The van der Waals surface area contributed by atoms with Crippen molar-refractivity contribution in [1.82, 2.24) is 9.97 Å². The number of halogens is 3. The van der Waals surface area contributed by atoms with Gasteiger partial charge in [0.05, 0.1) is 11.6 Å². The van der Waals surface area contributed by atoms with Gasteiger partial charge in [-0.25, -0.2) is 4.98 Å². The van der Waals surface area contributed by atoms with E-state index in [9.17, 15) is 13.2 Å². The Morgan fingerprint density at radius 2 is 1.82 bits per heavy atom. The highest BCUT2D eigenvalue weighted by Crippen LogP contribution is 2.37. The zero-order valence-electron chi connectivity index (χ0n) is 15.1. The van der Waals surface area contributed by atoms with Crippen molar-refractivity contribution < 1.29 is 13.2 Å². The summed E-state index contributed by atoms with van der Waals surface area (Å²) >= 11 is 0. The van der Waals surface area contributed by atoms with Gasteiger partial charge >= 0.3 is 6.18 Å². The van der Waals surface area contributed by atoms with Crippen LogP contribution in [0.25, 0.3) is 0 Å². The molecule has 0 fully saturated rings. The lowest BCUT2D eigenvalue weighted by atomic mass is 10.2. The normalized spacial score (nSPS) is 11.0. The summed E-state index contributed by atoms with van der Waals surface area (Å²) in [5, 5.41) is 11.8. The Bertz CT molecular complexity index is 1020. The van der Waals surface area contributed by atoms with E-state index in [1.807, 2.05) is 31.2 Å². The fourth-order valence-electron chi connectivity index (χ4n) is 2.62. The lowest BCUT2D eigenvalue weighted by Crippen LogP contribution is -2.19.